The van der Waals surface area contributed by atoms with Gasteiger partial charge in [0.1, 0.15) is 17.7 Å². The van der Waals surface area contributed by atoms with Crippen molar-refractivity contribution >= 4 is 23.5 Å². The van der Waals surface area contributed by atoms with Crippen LogP contribution in [0.1, 0.15) is 12.8 Å². The van der Waals surface area contributed by atoms with Crippen LogP contribution in [-0.4, -0.2) is 47.9 Å². The summed E-state index contributed by atoms with van der Waals surface area (Å²) < 4.78 is 19.6. The van der Waals surface area contributed by atoms with Gasteiger partial charge < -0.3 is 9.84 Å². The van der Waals surface area contributed by atoms with E-state index in [1.54, 1.807) is 29.2 Å². The molecule has 2 saturated heterocycles. The van der Waals surface area contributed by atoms with Crippen LogP contribution >= 0.6 is 0 Å². The fourth-order valence-electron chi connectivity index (χ4n) is 3.33. The van der Waals surface area contributed by atoms with E-state index >= 15 is 0 Å². The Morgan fingerprint density at radius 2 is 2.07 bits per heavy atom. The molecule has 0 aliphatic carbocycles. The zero-order valence-corrected chi connectivity index (χ0v) is 14.5. The number of halogens is 1. The molecule has 0 radical (unpaired) electrons. The fourth-order valence-corrected chi connectivity index (χ4v) is 3.33. The van der Waals surface area contributed by atoms with E-state index in [1.807, 2.05) is 0 Å². The lowest BCUT2D eigenvalue weighted by atomic mass is 10.1. The van der Waals surface area contributed by atoms with Gasteiger partial charge in [-0.05, 0) is 36.8 Å². The summed E-state index contributed by atoms with van der Waals surface area (Å²) in [6, 6.07) is 7.88. The lowest BCUT2D eigenvalue weighted by Crippen LogP contribution is -2.25. The van der Waals surface area contributed by atoms with Crippen LogP contribution < -0.4 is 9.80 Å². The smallest absolute Gasteiger partial charge is 0.414 e. The molecule has 0 saturated carbocycles. The third-order valence-corrected chi connectivity index (χ3v) is 4.75. The van der Waals surface area contributed by atoms with Crippen LogP contribution in [0.2, 0.25) is 0 Å². The van der Waals surface area contributed by atoms with Gasteiger partial charge in [-0.3, -0.25) is 14.6 Å². The molecule has 0 unspecified atom stereocenters. The van der Waals surface area contributed by atoms with E-state index in [4.69, 9.17) is 9.84 Å². The Hall–Kier alpha value is -3.00. The van der Waals surface area contributed by atoms with Crippen molar-refractivity contribution in [3.63, 3.8) is 0 Å². The first-order valence-corrected chi connectivity index (χ1v) is 8.72. The molecule has 8 heteroatoms. The first-order valence-electron chi connectivity index (χ1n) is 8.72. The number of carbonyl (C=O) groups is 2. The number of nitrogens with zero attached hydrogens (tertiary/aromatic N) is 3. The fraction of sp³-hybridized carbons (Fsp3) is 0.316. The minimum absolute atomic E-state index is 0.0458. The molecule has 1 atom stereocenters. The average molecular weight is 371 g/mol. The highest BCUT2D eigenvalue weighted by Crippen LogP contribution is 2.30. The van der Waals surface area contributed by atoms with Crippen molar-refractivity contribution < 1.29 is 23.8 Å². The molecule has 140 valence electrons. The Morgan fingerprint density at radius 3 is 2.67 bits per heavy atom. The van der Waals surface area contributed by atoms with Crippen LogP contribution in [0, 0.1) is 5.82 Å². The number of amides is 2. The molecular weight excluding hydrogens is 353 g/mol. The third kappa shape index (κ3) is 3.23. The van der Waals surface area contributed by atoms with Crippen molar-refractivity contribution in [1.82, 2.24) is 4.98 Å². The normalized spacial score (nSPS) is 19.7. The first-order chi connectivity index (χ1) is 13.1. The van der Waals surface area contributed by atoms with E-state index in [0.29, 0.717) is 35.6 Å². The van der Waals surface area contributed by atoms with Crippen LogP contribution in [0.5, 0.6) is 0 Å². The molecule has 0 spiro atoms. The van der Waals surface area contributed by atoms with E-state index in [-0.39, 0.29) is 19.1 Å². The molecule has 2 fully saturated rings. The molecule has 1 N–H and O–H groups in total. The van der Waals surface area contributed by atoms with E-state index in [0.717, 1.165) is 6.42 Å². The number of pyridine rings is 1. The van der Waals surface area contributed by atoms with Crippen LogP contribution in [0.3, 0.4) is 0 Å². The van der Waals surface area contributed by atoms with E-state index in [1.165, 1.54) is 17.2 Å². The van der Waals surface area contributed by atoms with Gasteiger partial charge in [0.2, 0.25) is 5.91 Å². The Kier molecular flexibility index (Phi) is 4.49. The van der Waals surface area contributed by atoms with Crippen molar-refractivity contribution in [2.24, 2.45) is 0 Å². The number of hydrogen-bond acceptors (Lipinski definition) is 5. The molecule has 7 nitrogen and oxygen atoms in total. The summed E-state index contributed by atoms with van der Waals surface area (Å²) in [4.78, 5) is 30.8. The van der Waals surface area contributed by atoms with Crippen LogP contribution in [0.15, 0.2) is 36.5 Å². The summed E-state index contributed by atoms with van der Waals surface area (Å²) in [5.74, 6) is 0.108. The maximum Gasteiger partial charge on any atom is 0.414 e. The molecule has 4 rings (SSSR count). The number of benzene rings is 1. The van der Waals surface area contributed by atoms with Crippen molar-refractivity contribution in [1.29, 1.82) is 0 Å². The minimum Gasteiger partial charge on any atom is -0.441 e. The highest BCUT2D eigenvalue weighted by Gasteiger charge is 2.32. The van der Waals surface area contributed by atoms with Crippen LogP contribution in [-0.2, 0) is 9.53 Å². The zero-order chi connectivity index (χ0) is 19.0. The number of cyclic esters (lactones) is 1. The number of aliphatic hydroxyl groups excluding tert-OH is 1. The second-order valence-corrected chi connectivity index (χ2v) is 6.52. The monoisotopic (exact) mass is 371 g/mol. The number of ether oxygens (including phenoxy) is 1. The quantitative estimate of drug-likeness (QED) is 0.892. The number of hydrogen-bond donors (Lipinski definition) is 1. The first kappa shape index (κ1) is 17.4. The SMILES string of the molecule is O=C1O[C@@H](CO)CN1c1ccc(-c2ccc(N3CCCC3=O)nc2)c(F)c1. The van der Waals surface area contributed by atoms with Gasteiger partial charge in [0.15, 0.2) is 0 Å². The van der Waals surface area contributed by atoms with Gasteiger partial charge in [-0.25, -0.2) is 14.2 Å². The standard InChI is InChI=1S/C19H18FN3O4/c20-16-8-13(23-10-14(11-24)27-19(23)26)4-5-15(16)12-3-6-17(21-9-12)22-7-1-2-18(22)25/h3-6,8-9,14,24H,1-2,7,10-11H2/t14-/m1/s1. The molecule has 27 heavy (non-hydrogen) atoms. The summed E-state index contributed by atoms with van der Waals surface area (Å²) in [5.41, 5.74) is 1.29. The van der Waals surface area contributed by atoms with Gasteiger partial charge in [0.25, 0.3) is 0 Å². The molecule has 2 aliphatic rings. The van der Waals surface area contributed by atoms with Crippen LogP contribution in [0.25, 0.3) is 11.1 Å². The average Bonchev–Trinajstić information content (AvgIpc) is 3.27. The maximum absolute atomic E-state index is 14.6. The Morgan fingerprint density at radius 1 is 1.22 bits per heavy atom. The molecular formula is C19H18FN3O4. The molecule has 2 amide bonds. The van der Waals surface area contributed by atoms with Crippen molar-refractivity contribution in [3.8, 4) is 11.1 Å². The molecule has 0 bridgehead atoms. The Balaban J connectivity index is 1.56. The van der Waals surface area contributed by atoms with Gasteiger partial charge in [-0.1, -0.05) is 0 Å². The summed E-state index contributed by atoms with van der Waals surface area (Å²) in [5, 5.41) is 9.10. The van der Waals surface area contributed by atoms with Gasteiger partial charge in [0, 0.05) is 30.3 Å². The van der Waals surface area contributed by atoms with Crippen molar-refractivity contribution in [2.45, 2.75) is 18.9 Å². The van der Waals surface area contributed by atoms with Crippen LogP contribution in [0.4, 0.5) is 20.7 Å². The second-order valence-electron chi connectivity index (χ2n) is 6.52. The molecule has 2 aliphatic heterocycles. The van der Waals surface area contributed by atoms with E-state index in [9.17, 15) is 14.0 Å². The summed E-state index contributed by atoms with van der Waals surface area (Å²) in [6.45, 7) is 0.545. The van der Waals surface area contributed by atoms with Gasteiger partial charge in [-0.15, -0.1) is 0 Å². The summed E-state index contributed by atoms with van der Waals surface area (Å²) in [6.07, 6.45) is 1.65. The highest BCUT2D eigenvalue weighted by molar-refractivity contribution is 5.94. The predicted molar refractivity (Wildman–Crippen MR) is 95.9 cm³/mol. The molecule has 1 aromatic carbocycles. The summed E-state index contributed by atoms with van der Waals surface area (Å²) in [7, 11) is 0. The molecule has 3 heterocycles. The van der Waals surface area contributed by atoms with E-state index < -0.39 is 18.0 Å². The predicted octanol–water partition coefficient (Wildman–Crippen LogP) is 2.33. The molecule has 1 aromatic heterocycles. The van der Waals surface area contributed by atoms with Gasteiger partial charge in [-0.2, -0.15) is 0 Å². The summed E-state index contributed by atoms with van der Waals surface area (Å²) >= 11 is 0. The lowest BCUT2D eigenvalue weighted by molar-refractivity contribution is -0.117. The van der Waals surface area contributed by atoms with Gasteiger partial charge >= 0.3 is 6.09 Å². The number of rotatable bonds is 4. The Labute approximate surface area is 155 Å². The van der Waals surface area contributed by atoms with E-state index in [2.05, 4.69) is 4.98 Å². The zero-order valence-electron chi connectivity index (χ0n) is 14.5. The number of aromatic nitrogens is 1. The number of anilines is 2. The largest absolute Gasteiger partial charge is 0.441 e. The lowest BCUT2D eigenvalue weighted by Gasteiger charge is -2.16. The number of carbonyl (C=O) groups excluding carboxylic acids is 2. The third-order valence-electron chi connectivity index (χ3n) is 4.75. The van der Waals surface area contributed by atoms with Crippen molar-refractivity contribution in [2.75, 3.05) is 29.5 Å². The molecule has 2 aromatic rings. The Bertz CT molecular complexity index is 887. The maximum atomic E-state index is 14.6. The van der Waals surface area contributed by atoms with Crippen molar-refractivity contribution in [3.05, 3.63) is 42.3 Å². The number of aliphatic hydroxyl groups is 1. The minimum atomic E-state index is -0.609. The topological polar surface area (TPSA) is 83.0 Å². The second kappa shape index (κ2) is 6.96. The van der Waals surface area contributed by atoms with Gasteiger partial charge in [0.05, 0.1) is 18.8 Å². The highest BCUT2D eigenvalue weighted by atomic mass is 19.1.